The lowest BCUT2D eigenvalue weighted by atomic mass is 10.4. The zero-order chi connectivity index (χ0) is 21.4. The lowest BCUT2D eigenvalue weighted by Gasteiger charge is -2.08. The Bertz CT molecular complexity index is 401. The second kappa shape index (κ2) is 22.8. The fourth-order valence-corrected chi connectivity index (χ4v) is 1.90. The second-order valence-corrected chi connectivity index (χ2v) is 5.84. The maximum Gasteiger partial charge on any atom is 0.218 e. The van der Waals surface area contributed by atoms with Crippen molar-refractivity contribution in [3.8, 4) is 0 Å². The average molecular weight is 422 g/mol. The molecule has 0 rings (SSSR count). The van der Waals surface area contributed by atoms with Gasteiger partial charge in [-0.3, -0.25) is 5.41 Å². The van der Waals surface area contributed by atoms with Crippen molar-refractivity contribution >= 4 is 11.9 Å². The highest BCUT2D eigenvalue weighted by Gasteiger charge is 1.97. The summed E-state index contributed by atoms with van der Waals surface area (Å²) in [6, 6.07) is 0. The quantitative estimate of drug-likeness (QED) is 0.117. The van der Waals surface area contributed by atoms with Crippen LogP contribution in [-0.4, -0.2) is 105 Å². The number of aliphatic imine (C=N–C) groups is 1. The predicted molar refractivity (Wildman–Crippen MR) is 112 cm³/mol. The molecule has 0 heterocycles. The van der Waals surface area contributed by atoms with Crippen LogP contribution in [0.2, 0.25) is 0 Å². The number of methoxy groups -OCH3 is 2. The first kappa shape index (κ1) is 27.5. The van der Waals surface area contributed by atoms with Crippen LogP contribution in [0.15, 0.2) is 4.99 Å². The van der Waals surface area contributed by atoms with Gasteiger partial charge in [0.25, 0.3) is 0 Å². The minimum atomic E-state index is 0.0161. The monoisotopic (exact) mass is 421 g/mol. The number of ether oxygens (including phenoxy) is 6. The third-order valence-electron chi connectivity index (χ3n) is 3.37. The standard InChI is InChI=1S/C18H39N5O6/c1-24-9-11-28-15-13-26-7-3-5-21-17(19)23-18(20)22-6-4-8-27-14-16-29-12-10-25-2/h3-16H2,1-2H3,(H5,19,20,21,22,23). The van der Waals surface area contributed by atoms with Crippen LogP contribution in [0.5, 0.6) is 0 Å². The Labute approximate surface area is 174 Å². The molecule has 0 aliphatic heterocycles. The van der Waals surface area contributed by atoms with Gasteiger partial charge in [0.15, 0.2) is 5.96 Å². The summed E-state index contributed by atoms with van der Waals surface area (Å²) in [6.07, 6.45) is 1.54. The van der Waals surface area contributed by atoms with Gasteiger partial charge in [-0.1, -0.05) is 0 Å². The summed E-state index contributed by atoms with van der Waals surface area (Å²) in [5, 5.41) is 13.5. The van der Waals surface area contributed by atoms with Gasteiger partial charge >= 0.3 is 0 Å². The van der Waals surface area contributed by atoms with Gasteiger partial charge in [0.2, 0.25) is 5.96 Å². The molecule has 0 aromatic heterocycles. The van der Waals surface area contributed by atoms with Crippen LogP contribution in [0.1, 0.15) is 12.8 Å². The second-order valence-electron chi connectivity index (χ2n) is 5.84. The molecule has 0 amide bonds. The highest BCUT2D eigenvalue weighted by Crippen LogP contribution is 1.85. The van der Waals surface area contributed by atoms with Crippen molar-refractivity contribution in [1.82, 2.24) is 10.6 Å². The average Bonchev–Trinajstić information content (AvgIpc) is 2.70. The van der Waals surface area contributed by atoms with Crippen molar-refractivity contribution in [3.05, 3.63) is 0 Å². The Morgan fingerprint density at radius 3 is 1.59 bits per heavy atom. The molecule has 0 aromatic carbocycles. The minimum Gasteiger partial charge on any atom is -0.382 e. The molecule has 0 aliphatic carbocycles. The number of nitrogens with two attached hydrogens (primary N) is 1. The summed E-state index contributed by atoms with van der Waals surface area (Å²) in [5.74, 6) is 0.220. The first-order chi connectivity index (χ1) is 14.2. The third-order valence-corrected chi connectivity index (χ3v) is 3.37. The minimum absolute atomic E-state index is 0.0161. The van der Waals surface area contributed by atoms with Gasteiger partial charge in [0.1, 0.15) is 0 Å². The maximum absolute atomic E-state index is 7.73. The van der Waals surface area contributed by atoms with Crippen LogP contribution in [0.25, 0.3) is 0 Å². The highest BCUT2D eigenvalue weighted by atomic mass is 16.5. The van der Waals surface area contributed by atoms with Gasteiger partial charge in [-0.15, -0.1) is 0 Å². The van der Waals surface area contributed by atoms with Crippen molar-refractivity contribution in [2.45, 2.75) is 12.8 Å². The van der Waals surface area contributed by atoms with Crippen molar-refractivity contribution < 1.29 is 28.4 Å². The Balaban J connectivity index is 3.41. The molecule has 0 aromatic rings. The predicted octanol–water partition coefficient (Wildman–Crippen LogP) is -0.446. The molecule has 0 atom stereocenters. The summed E-state index contributed by atoms with van der Waals surface area (Å²) < 4.78 is 31.2. The molecule has 11 nitrogen and oxygen atoms in total. The fraction of sp³-hybridized carbons (Fsp3) is 0.889. The summed E-state index contributed by atoms with van der Waals surface area (Å²) in [6.45, 7) is 6.90. The molecule has 0 bridgehead atoms. The van der Waals surface area contributed by atoms with Crippen LogP contribution < -0.4 is 16.4 Å². The van der Waals surface area contributed by atoms with E-state index in [-0.39, 0.29) is 11.9 Å². The molecule has 172 valence electrons. The number of guanidine groups is 2. The summed E-state index contributed by atoms with van der Waals surface area (Å²) >= 11 is 0. The van der Waals surface area contributed by atoms with E-state index in [1.165, 1.54) is 0 Å². The van der Waals surface area contributed by atoms with Crippen molar-refractivity contribution in [2.75, 3.05) is 93.4 Å². The lowest BCUT2D eigenvalue weighted by Crippen LogP contribution is -2.35. The van der Waals surface area contributed by atoms with E-state index >= 15 is 0 Å². The zero-order valence-electron chi connectivity index (χ0n) is 17.9. The van der Waals surface area contributed by atoms with E-state index in [0.717, 1.165) is 12.8 Å². The van der Waals surface area contributed by atoms with Gasteiger partial charge < -0.3 is 44.8 Å². The molecule has 0 spiro atoms. The smallest absolute Gasteiger partial charge is 0.218 e. The van der Waals surface area contributed by atoms with Crippen LogP contribution in [0.4, 0.5) is 0 Å². The Morgan fingerprint density at radius 2 is 1.10 bits per heavy atom. The van der Waals surface area contributed by atoms with E-state index in [0.29, 0.717) is 79.2 Å². The summed E-state index contributed by atoms with van der Waals surface area (Å²) in [5.41, 5.74) is 5.74. The van der Waals surface area contributed by atoms with Gasteiger partial charge in [0.05, 0.1) is 52.9 Å². The van der Waals surface area contributed by atoms with E-state index < -0.39 is 0 Å². The van der Waals surface area contributed by atoms with Crippen LogP contribution in [0, 0.1) is 5.41 Å². The van der Waals surface area contributed by atoms with E-state index in [1.807, 2.05) is 0 Å². The van der Waals surface area contributed by atoms with Gasteiger partial charge in [-0.2, -0.15) is 4.99 Å². The first-order valence-electron chi connectivity index (χ1n) is 9.90. The van der Waals surface area contributed by atoms with E-state index in [4.69, 9.17) is 39.6 Å². The largest absolute Gasteiger partial charge is 0.382 e. The van der Waals surface area contributed by atoms with E-state index in [1.54, 1.807) is 14.2 Å². The van der Waals surface area contributed by atoms with Crippen LogP contribution >= 0.6 is 0 Å². The molecule has 0 saturated carbocycles. The molecule has 0 saturated heterocycles. The Morgan fingerprint density at radius 1 is 0.690 bits per heavy atom. The fourth-order valence-electron chi connectivity index (χ4n) is 1.90. The maximum atomic E-state index is 7.73. The van der Waals surface area contributed by atoms with Gasteiger partial charge in [0, 0.05) is 40.5 Å². The normalized spacial score (nSPS) is 11.6. The first-order valence-corrected chi connectivity index (χ1v) is 9.90. The molecule has 0 radical (unpaired) electrons. The molecule has 5 N–H and O–H groups in total. The molecular weight excluding hydrogens is 382 g/mol. The zero-order valence-corrected chi connectivity index (χ0v) is 17.9. The Hall–Kier alpha value is -1.50. The highest BCUT2D eigenvalue weighted by molar-refractivity contribution is 5.92. The molecular formula is C18H39N5O6. The summed E-state index contributed by atoms with van der Waals surface area (Å²) in [4.78, 5) is 3.94. The Kier molecular flexibility index (Phi) is 21.6. The SMILES string of the molecule is COCCOCCOCCCNC(=N)/N=C(\N)NCCCOCCOCCOC. The van der Waals surface area contributed by atoms with Crippen LogP contribution in [-0.2, 0) is 28.4 Å². The van der Waals surface area contributed by atoms with Crippen molar-refractivity contribution in [3.63, 3.8) is 0 Å². The van der Waals surface area contributed by atoms with Gasteiger partial charge in [-0.05, 0) is 12.8 Å². The number of hydrogen-bond acceptors (Lipinski definition) is 7. The van der Waals surface area contributed by atoms with E-state index in [2.05, 4.69) is 15.6 Å². The number of rotatable bonds is 20. The molecule has 11 heteroatoms. The number of nitrogens with one attached hydrogen (secondary N) is 3. The third kappa shape index (κ3) is 22.7. The lowest BCUT2D eigenvalue weighted by molar-refractivity contribution is 0.0245. The topological polar surface area (TPSA) is 142 Å². The van der Waals surface area contributed by atoms with E-state index in [9.17, 15) is 0 Å². The molecule has 29 heavy (non-hydrogen) atoms. The van der Waals surface area contributed by atoms with Crippen LogP contribution in [0.3, 0.4) is 0 Å². The van der Waals surface area contributed by atoms with Crippen molar-refractivity contribution in [1.29, 1.82) is 5.41 Å². The number of nitrogens with zero attached hydrogens (tertiary/aromatic N) is 1. The summed E-state index contributed by atoms with van der Waals surface area (Å²) in [7, 11) is 3.28. The number of hydrogen-bond donors (Lipinski definition) is 4. The molecule has 0 aliphatic rings. The van der Waals surface area contributed by atoms with Gasteiger partial charge in [-0.25, -0.2) is 0 Å². The molecule has 0 unspecified atom stereocenters. The van der Waals surface area contributed by atoms with Crippen molar-refractivity contribution in [2.24, 2.45) is 10.7 Å². The molecule has 0 fully saturated rings.